The average Bonchev–Trinajstić information content (AvgIpc) is 2.61. The van der Waals surface area contributed by atoms with E-state index in [4.69, 9.17) is 0 Å². The number of hydrogen-bond acceptors (Lipinski definition) is 3. The lowest BCUT2D eigenvalue weighted by Gasteiger charge is -2.31. The highest BCUT2D eigenvalue weighted by Crippen LogP contribution is 2.24. The molecule has 1 aromatic heterocycles. The Balaban J connectivity index is 1.67. The van der Waals surface area contributed by atoms with E-state index in [0.29, 0.717) is 6.54 Å². The Morgan fingerprint density at radius 3 is 2.86 bits per heavy atom. The molecule has 0 aliphatic carbocycles. The average molecular weight is 291 g/mol. The normalized spacial score (nSPS) is 17.5. The first kappa shape index (κ1) is 14.3. The van der Waals surface area contributed by atoms with Gasteiger partial charge in [-0.3, -0.25) is 4.79 Å². The number of likely N-dealkylation sites (tertiary alicyclic amines) is 1. The molecule has 1 atom stereocenters. The molecule has 0 radical (unpaired) electrons. The number of hydrogen-bond donors (Lipinski definition) is 0. The number of carbonyl (C=O) groups is 1. The van der Waals surface area contributed by atoms with Crippen molar-refractivity contribution in [3.05, 3.63) is 60.2 Å². The van der Waals surface area contributed by atoms with Crippen LogP contribution < -0.4 is 0 Å². The van der Waals surface area contributed by atoms with E-state index in [0.717, 1.165) is 30.6 Å². The Hall–Kier alpha value is -2.67. The smallest absolute Gasteiger partial charge is 0.298 e. The molecule has 0 bridgehead atoms. The van der Waals surface area contributed by atoms with Crippen LogP contribution in [0.5, 0.6) is 0 Å². The summed E-state index contributed by atoms with van der Waals surface area (Å²) in [5, 5.41) is 0. The van der Waals surface area contributed by atoms with Crippen LogP contribution in [0.25, 0.3) is 0 Å². The van der Waals surface area contributed by atoms with Gasteiger partial charge in [0.05, 0.1) is 0 Å². The van der Waals surface area contributed by atoms with Crippen LogP contribution in [0.15, 0.2) is 48.9 Å². The first-order valence-corrected chi connectivity index (χ1v) is 7.45. The molecular formula is C18H17N3O. The molecule has 1 fully saturated rings. The molecule has 0 N–H and O–H groups in total. The van der Waals surface area contributed by atoms with Gasteiger partial charge in [-0.2, -0.15) is 0 Å². The fourth-order valence-corrected chi connectivity index (χ4v) is 2.67. The first-order valence-electron chi connectivity index (χ1n) is 7.45. The number of nitrogens with zero attached hydrogens (tertiary/aromatic N) is 3. The lowest BCUT2D eigenvalue weighted by molar-refractivity contribution is -0.126. The van der Waals surface area contributed by atoms with E-state index in [9.17, 15) is 4.79 Å². The lowest BCUT2D eigenvalue weighted by atomic mass is 9.94. The summed E-state index contributed by atoms with van der Waals surface area (Å²) in [5.41, 5.74) is 1.86. The molecule has 1 saturated heterocycles. The summed E-state index contributed by atoms with van der Waals surface area (Å²) in [6.07, 6.45) is 5.34. The molecule has 2 aromatic rings. The summed E-state index contributed by atoms with van der Waals surface area (Å²) < 4.78 is 0. The van der Waals surface area contributed by atoms with Crippen LogP contribution in [-0.2, 0) is 4.79 Å². The number of carbonyl (C=O) groups excluding carboxylic acids is 1. The molecule has 1 amide bonds. The van der Waals surface area contributed by atoms with Crippen LogP contribution in [0.2, 0.25) is 0 Å². The molecule has 3 rings (SSSR count). The Morgan fingerprint density at radius 1 is 1.23 bits per heavy atom. The maximum absolute atomic E-state index is 12.3. The molecule has 0 saturated carbocycles. The van der Waals surface area contributed by atoms with Crippen LogP contribution in [-0.4, -0.2) is 33.9 Å². The fourth-order valence-electron chi connectivity index (χ4n) is 2.67. The molecule has 1 aromatic carbocycles. The largest absolute Gasteiger partial charge is 0.331 e. The second-order valence-corrected chi connectivity index (χ2v) is 5.34. The highest BCUT2D eigenvalue weighted by molar-refractivity contribution is 5.94. The summed E-state index contributed by atoms with van der Waals surface area (Å²) in [6.45, 7) is 1.45. The van der Waals surface area contributed by atoms with Crippen molar-refractivity contribution < 1.29 is 4.79 Å². The molecule has 2 heterocycles. The summed E-state index contributed by atoms with van der Waals surface area (Å²) in [4.78, 5) is 22.3. The van der Waals surface area contributed by atoms with E-state index in [1.807, 2.05) is 41.3 Å². The highest BCUT2D eigenvalue weighted by Gasteiger charge is 2.24. The minimum Gasteiger partial charge on any atom is -0.331 e. The quantitative estimate of drug-likeness (QED) is 0.757. The predicted molar refractivity (Wildman–Crippen MR) is 83.9 cm³/mol. The van der Waals surface area contributed by atoms with Gasteiger partial charge in [-0.15, -0.1) is 0 Å². The second kappa shape index (κ2) is 6.86. The third kappa shape index (κ3) is 3.50. The van der Waals surface area contributed by atoms with Gasteiger partial charge in [-0.05, 0) is 31.0 Å². The van der Waals surface area contributed by atoms with Crippen molar-refractivity contribution in [1.29, 1.82) is 0 Å². The Labute approximate surface area is 130 Å². The van der Waals surface area contributed by atoms with E-state index in [-0.39, 0.29) is 11.8 Å². The van der Waals surface area contributed by atoms with Crippen molar-refractivity contribution >= 4 is 5.91 Å². The third-order valence-corrected chi connectivity index (χ3v) is 3.82. The summed E-state index contributed by atoms with van der Waals surface area (Å²) in [7, 11) is 0. The van der Waals surface area contributed by atoms with E-state index >= 15 is 0 Å². The summed E-state index contributed by atoms with van der Waals surface area (Å²) in [5.74, 6) is 5.84. The Kier molecular flexibility index (Phi) is 4.45. The van der Waals surface area contributed by atoms with Gasteiger partial charge in [0, 0.05) is 42.4 Å². The molecule has 4 nitrogen and oxygen atoms in total. The standard InChI is InChI=1S/C18H17N3O/c22-18(9-8-15-5-2-1-3-6-15)21-12-4-7-16(13-21)17-10-11-19-14-20-17/h1-3,5-6,10-11,14,16H,4,7,12-13H2. The van der Waals surface area contributed by atoms with Gasteiger partial charge >= 0.3 is 0 Å². The second-order valence-electron chi connectivity index (χ2n) is 5.34. The van der Waals surface area contributed by atoms with Gasteiger partial charge in [0.1, 0.15) is 6.33 Å². The van der Waals surface area contributed by atoms with Crippen molar-refractivity contribution in [3.63, 3.8) is 0 Å². The van der Waals surface area contributed by atoms with Gasteiger partial charge < -0.3 is 4.90 Å². The minimum absolute atomic E-state index is 0.109. The van der Waals surface area contributed by atoms with Crippen molar-refractivity contribution in [2.75, 3.05) is 13.1 Å². The van der Waals surface area contributed by atoms with Gasteiger partial charge in [0.15, 0.2) is 0 Å². The highest BCUT2D eigenvalue weighted by atomic mass is 16.2. The zero-order chi connectivity index (χ0) is 15.2. The van der Waals surface area contributed by atoms with Crippen LogP contribution >= 0.6 is 0 Å². The first-order chi connectivity index (χ1) is 10.8. The molecule has 22 heavy (non-hydrogen) atoms. The maximum Gasteiger partial charge on any atom is 0.298 e. The van der Waals surface area contributed by atoms with Crippen molar-refractivity contribution in [2.45, 2.75) is 18.8 Å². The zero-order valence-corrected chi connectivity index (χ0v) is 12.3. The molecule has 1 aliphatic rings. The number of aromatic nitrogens is 2. The van der Waals surface area contributed by atoms with E-state index < -0.39 is 0 Å². The molecule has 0 spiro atoms. The van der Waals surface area contributed by atoms with E-state index in [1.54, 1.807) is 12.5 Å². The Morgan fingerprint density at radius 2 is 2.09 bits per heavy atom. The number of benzene rings is 1. The van der Waals surface area contributed by atoms with Gasteiger partial charge in [0.25, 0.3) is 5.91 Å². The van der Waals surface area contributed by atoms with Crippen LogP contribution in [0.4, 0.5) is 0 Å². The summed E-state index contributed by atoms with van der Waals surface area (Å²) in [6, 6.07) is 11.5. The maximum atomic E-state index is 12.3. The molecule has 4 heteroatoms. The van der Waals surface area contributed by atoms with E-state index in [1.165, 1.54) is 0 Å². The lowest BCUT2D eigenvalue weighted by Crippen LogP contribution is -2.38. The molecule has 110 valence electrons. The number of amides is 1. The summed E-state index contributed by atoms with van der Waals surface area (Å²) >= 11 is 0. The topological polar surface area (TPSA) is 46.1 Å². The molecule has 1 unspecified atom stereocenters. The zero-order valence-electron chi connectivity index (χ0n) is 12.3. The van der Waals surface area contributed by atoms with Gasteiger partial charge in [-0.25, -0.2) is 9.97 Å². The minimum atomic E-state index is -0.109. The monoisotopic (exact) mass is 291 g/mol. The van der Waals surface area contributed by atoms with Crippen LogP contribution in [0.1, 0.15) is 30.0 Å². The van der Waals surface area contributed by atoms with Gasteiger partial charge in [0.2, 0.25) is 0 Å². The third-order valence-electron chi connectivity index (χ3n) is 3.82. The number of rotatable bonds is 1. The van der Waals surface area contributed by atoms with Crippen LogP contribution in [0, 0.1) is 11.8 Å². The van der Waals surface area contributed by atoms with E-state index in [2.05, 4.69) is 21.8 Å². The van der Waals surface area contributed by atoms with Crippen molar-refractivity contribution in [2.24, 2.45) is 0 Å². The molecule has 1 aliphatic heterocycles. The molecular weight excluding hydrogens is 274 g/mol. The van der Waals surface area contributed by atoms with Gasteiger partial charge in [-0.1, -0.05) is 24.1 Å². The Bertz CT molecular complexity index is 689. The predicted octanol–water partition coefficient (Wildman–Crippen LogP) is 2.23. The fraction of sp³-hybridized carbons (Fsp3) is 0.278. The van der Waals surface area contributed by atoms with Crippen molar-refractivity contribution in [1.82, 2.24) is 14.9 Å². The van der Waals surface area contributed by atoms with Crippen LogP contribution in [0.3, 0.4) is 0 Å². The number of piperidine rings is 1. The SMILES string of the molecule is O=C(C#Cc1ccccc1)N1CCCC(c2ccncn2)C1. The van der Waals surface area contributed by atoms with Crippen molar-refractivity contribution in [3.8, 4) is 11.8 Å².